The summed E-state index contributed by atoms with van der Waals surface area (Å²) in [5.74, 6) is 4.69. The molecule has 0 unspecified atom stereocenters. The molecular weight excluding hydrogens is 461 g/mol. The summed E-state index contributed by atoms with van der Waals surface area (Å²) >= 11 is 13.1. The molecule has 0 spiro atoms. The van der Waals surface area contributed by atoms with Crippen LogP contribution in [0.4, 0.5) is 5.69 Å². The fraction of sp³-hybridized carbons (Fsp3) is 0.0500. The number of anilines is 1. The summed E-state index contributed by atoms with van der Waals surface area (Å²) in [6.45, 7) is 1.96. The molecule has 1 aliphatic rings. The first kappa shape index (κ1) is 21.6. The highest BCUT2D eigenvalue weighted by atomic mass is 35.5. The molecular formula is C20H17Cl2N5O3S. The summed E-state index contributed by atoms with van der Waals surface area (Å²) in [6, 6.07) is 12.6. The lowest BCUT2D eigenvalue weighted by Crippen LogP contribution is -2.30. The molecule has 0 atom stereocenters. The van der Waals surface area contributed by atoms with Crippen molar-refractivity contribution in [2.45, 2.75) is 11.8 Å². The van der Waals surface area contributed by atoms with E-state index in [9.17, 15) is 4.79 Å². The SMILES string of the molecule is [2H]C1=CC(=O)/C(=N/N=C(\NNc2ccc(SOON)cc2Cl)c2ccc(C)cc2)C=C1Cl. The first-order chi connectivity index (χ1) is 15.4. The predicted octanol–water partition coefficient (Wildman–Crippen LogP) is 4.46. The number of rotatable bonds is 7. The Labute approximate surface area is 194 Å². The zero-order chi connectivity index (χ0) is 23.1. The standard InChI is InChI=1S/C20H17Cl2N5O3S/c1-12-2-4-13(5-3-12)20(27-25-18-10-14(21)6-9-19(18)28)26-24-17-8-7-15(11-16(17)22)31-30-29-23/h2-11,24H,23H2,1H3,(H,26,27)/b25-18+/i6D. The molecule has 0 radical (unpaired) electrons. The predicted molar refractivity (Wildman–Crippen MR) is 124 cm³/mol. The van der Waals surface area contributed by atoms with Crippen LogP contribution in [0.2, 0.25) is 5.02 Å². The Kier molecular flexibility index (Phi) is 7.72. The average Bonchev–Trinajstić information content (AvgIpc) is 2.77. The molecule has 4 N–H and O–H groups in total. The summed E-state index contributed by atoms with van der Waals surface area (Å²) in [5, 5.41) is 8.69. The van der Waals surface area contributed by atoms with Crippen molar-refractivity contribution in [3.8, 4) is 0 Å². The number of nitrogens with two attached hydrogens (primary N) is 1. The molecule has 160 valence electrons. The van der Waals surface area contributed by atoms with Crippen molar-refractivity contribution < 1.29 is 15.5 Å². The fourth-order valence-corrected chi connectivity index (χ4v) is 3.18. The highest BCUT2D eigenvalue weighted by Gasteiger charge is 2.12. The van der Waals surface area contributed by atoms with Gasteiger partial charge in [-0.15, -0.1) is 19.5 Å². The van der Waals surface area contributed by atoms with E-state index in [0.29, 0.717) is 27.0 Å². The smallest absolute Gasteiger partial charge is 0.206 e. The van der Waals surface area contributed by atoms with Gasteiger partial charge >= 0.3 is 0 Å². The first-order valence-corrected chi connectivity index (χ1v) is 10.2. The number of halogens is 2. The van der Waals surface area contributed by atoms with Crippen molar-refractivity contribution in [1.29, 1.82) is 0 Å². The van der Waals surface area contributed by atoms with Crippen molar-refractivity contribution >= 4 is 58.3 Å². The topological polar surface area (TPSA) is 110 Å². The molecule has 0 aliphatic heterocycles. The molecule has 0 saturated carbocycles. The molecule has 8 nitrogen and oxygen atoms in total. The fourth-order valence-electron chi connectivity index (χ4n) is 2.32. The molecule has 0 fully saturated rings. The summed E-state index contributed by atoms with van der Waals surface area (Å²) in [7, 11) is 0. The van der Waals surface area contributed by atoms with Gasteiger partial charge in [0.05, 0.1) is 24.1 Å². The monoisotopic (exact) mass is 478 g/mol. The number of carbonyl (C=O) groups excluding carboxylic acids is 1. The molecule has 1 aliphatic carbocycles. The van der Waals surface area contributed by atoms with Gasteiger partial charge in [-0.25, -0.2) is 0 Å². The summed E-state index contributed by atoms with van der Waals surface area (Å²) in [6.07, 6.45) is 2.39. The molecule has 3 rings (SSSR count). The molecule has 11 heteroatoms. The second kappa shape index (κ2) is 11.1. The van der Waals surface area contributed by atoms with E-state index in [1.165, 1.54) is 6.08 Å². The minimum atomic E-state index is -0.459. The Bertz CT molecular complexity index is 1140. The van der Waals surface area contributed by atoms with Gasteiger partial charge in [-0.1, -0.05) is 53.0 Å². The average molecular weight is 479 g/mol. The minimum absolute atomic E-state index is 0.0129. The van der Waals surface area contributed by atoms with Crippen LogP contribution in [-0.4, -0.2) is 17.3 Å². The maximum atomic E-state index is 12.1. The first-order valence-electron chi connectivity index (χ1n) is 9.22. The van der Waals surface area contributed by atoms with Crippen LogP contribution in [-0.2, 0) is 14.1 Å². The van der Waals surface area contributed by atoms with Crippen LogP contribution in [0.3, 0.4) is 0 Å². The number of hydrazine groups is 1. The summed E-state index contributed by atoms with van der Waals surface area (Å²) in [5.41, 5.74) is 8.27. The van der Waals surface area contributed by atoms with Crippen molar-refractivity contribution in [2.75, 3.05) is 5.43 Å². The number of hydrogen-bond donors (Lipinski definition) is 3. The second-order valence-corrected chi connectivity index (χ2v) is 7.67. The number of carbonyl (C=O) groups is 1. The lowest BCUT2D eigenvalue weighted by Gasteiger charge is -2.13. The van der Waals surface area contributed by atoms with Crippen LogP contribution in [0.5, 0.6) is 0 Å². The second-order valence-electron chi connectivity index (χ2n) is 6.08. The molecule has 2 aromatic rings. The van der Waals surface area contributed by atoms with E-state index in [0.717, 1.165) is 23.7 Å². The number of ketones is 1. The normalized spacial score (nSPS) is 16.0. The summed E-state index contributed by atoms with van der Waals surface area (Å²) in [4.78, 5) is 16.8. The number of nitrogens with zero attached hydrogens (tertiary/aromatic N) is 2. The number of allylic oxidation sites excluding steroid dienone is 4. The Morgan fingerprint density at radius 2 is 2.00 bits per heavy atom. The van der Waals surface area contributed by atoms with Crippen LogP contribution >= 0.6 is 35.2 Å². The van der Waals surface area contributed by atoms with Crippen LogP contribution < -0.4 is 16.7 Å². The Morgan fingerprint density at radius 3 is 2.71 bits per heavy atom. The molecule has 0 heterocycles. The Balaban J connectivity index is 1.85. The van der Waals surface area contributed by atoms with E-state index in [2.05, 4.69) is 30.4 Å². The van der Waals surface area contributed by atoms with Gasteiger partial charge in [0.1, 0.15) is 5.71 Å². The van der Waals surface area contributed by atoms with E-state index < -0.39 is 5.78 Å². The number of aryl methyl sites for hydroxylation is 1. The molecule has 0 aromatic heterocycles. The zero-order valence-electron chi connectivity index (χ0n) is 17.1. The Hall–Kier alpha value is -2.66. The zero-order valence-corrected chi connectivity index (χ0v) is 18.4. The molecule has 31 heavy (non-hydrogen) atoms. The van der Waals surface area contributed by atoms with Crippen LogP contribution in [0.15, 0.2) is 80.8 Å². The molecule has 0 saturated heterocycles. The van der Waals surface area contributed by atoms with Crippen molar-refractivity contribution in [1.82, 2.24) is 5.43 Å². The van der Waals surface area contributed by atoms with Gasteiger partial charge < -0.3 is 0 Å². The lowest BCUT2D eigenvalue weighted by atomic mass is 10.1. The van der Waals surface area contributed by atoms with Gasteiger partial charge in [-0.3, -0.25) is 15.6 Å². The van der Waals surface area contributed by atoms with E-state index in [-0.39, 0.29) is 16.8 Å². The van der Waals surface area contributed by atoms with Gasteiger partial charge in [0.15, 0.2) is 5.84 Å². The highest BCUT2D eigenvalue weighted by Crippen LogP contribution is 2.28. The molecule has 0 amide bonds. The highest BCUT2D eigenvalue weighted by molar-refractivity contribution is 7.94. The summed E-state index contributed by atoms with van der Waals surface area (Å²) < 4.78 is 12.2. The van der Waals surface area contributed by atoms with E-state index in [4.69, 9.17) is 30.5 Å². The number of hydrogen-bond acceptors (Lipinski definition) is 8. The lowest BCUT2D eigenvalue weighted by molar-refractivity contribution is -0.195. The van der Waals surface area contributed by atoms with Crippen molar-refractivity contribution in [3.63, 3.8) is 0 Å². The quantitative estimate of drug-likeness (QED) is 0.134. The van der Waals surface area contributed by atoms with Gasteiger partial charge in [-0.05, 0) is 43.3 Å². The third kappa shape index (κ3) is 6.66. The largest absolute Gasteiger partial charge is 0.298 e. The third-order valence-corrected chi connectivity index (χ3v) is 4.99. The maximum Gasteiger partial charge on any atom is 0.206 e. The van der Waals surface area contributed by atoms with Crippen molar-refractivity contribution in [2.24, 2.45) is 16.1 Å². The van der Waals surface area contributed by atoms with Crippen LogP contribution in [0, 0.1) is 6.92 Å². The maximum absolute atomic E-state index is 12.1. The minimum Gasteiger partial charge on any atom is -0.298 e. The van der Waals surface area contributed by atoms with Crippen molar-refractivity contribution in [3.05, 3.63) is 81.9 Å². The molecule has 0 bridgehead atoms. The van der Waals surface area contributed by atoms with Gasteiger partial charge in [0.2, 0.25) is 5.78 Å². The van der Waals surface area contributed by atoms with Crippen LogP contribution in [0.1, 0.15) is 12.5 Å². The van der Waals surface area contributed by atoms with E-state index >= 15 is 0 Å². The number of benzene rings is 2. The molecule has 2 aromatic carbocycles. The van der Waals surface area contributed by atoms with E-state index in [1.54, 1.807) is 18.2 Å². The van der Waals surface area contributed by atoms with Crippen LogP contribution in [0.25, 0.3) is 0 Å². The number of nitrogens with one attached hydrogen (secondary N) is 2. The third-order valence-electron chi connectivity index (χ3n) is 3.87. The van der Waals surface area contributed by atoms with Gasteiger partial charge in [0.25, 0.3) is 0 Å². The van der Waals surface area contributed by atoms with E-state index in [1.807, 2.05) is 31.2 Å². The number of amidine groups is 1. The Morgan fingerprint density at radius 1 is 1.23 bits per heavy atom. The van der Waals surface area contributed by atoms with Gasteiger partial charge in [0, 0.05) is 15.5 Å². The van der Waals surface area contributed by atoms with Gasteiger partial charge in [-0.2, -0.15) is 5.90 Å².